The fourth-order valence-corrected chi connectivity index (χ4v) is 11.1. The minimum Gasteiger partial charge on any atom is -0.393 e. The zero-order chi connectivity index (χ0) is 24.0. The molecular formula is C26H46O5S2. The summed E-state index contributed by atoms with van der Waals surface area (Å²) in [7, 11) is -3.84. The third-order valence-corrected chi connectivity index (χ3v) is 12.9. The van der Waals surface area contributed by atoms with Crippen LogP contribution in [0.4, 0.5) is 0 Å². The Kier molecular flexibility index (Phi) is 7.88. The van der Waals surface area contributed by atoms with Gasteiger partial charge in [0.05, 0.1) is 18.0 Å². The van der Waals surface area contributed by atoms with Crippen LogP contribution in [0.1, 0.15) is 85.0 Å². The lowest BCUT2D eigenvalue weighted by atomic mass is 9.44. The normalized spacial score (nSPS) is 46.3. The highest BCUT2D eigenvalue weighted by Gasteiger charge is 2.62. The van der Waals surface area contributed by atoms with Crippen LogP contribution in [0.3, 0.4) is 0 Å². The molecule has 0 aromatic rings. The van der Waals surface area contributed by atoms with Gasteiger partial charge in [0.1, 0.15) is 0 Å². The van der Waals surface area contributed by atoms with Gasteiger partial charge in [0.25, 0.3) is 10.1 Å². The quantitative estimate of drug-likeness (QED) is 0.319. The molecule has 3 N–H and O–H groups in total. The zero-order valence-corrected chi connectivity index (χ0v) is 22.4. The maximum atomic E-state index is 11.2. The predicted molar refractivity (Wildman–Crippen MR) is 135 cm³/mol. The summed E-state index contributed by atoms with van der Waals surface area (Å²) in [6.45, 7) is 7.40. The first-order valence-electron chi connectivity index (χ1n) is 13.3. The van der Waals surface area contributed by atoms with E-state index in [4.69, 9.17) is 4.55 Å². The number of aliphatic hydroxyl groups excluding tert-OH is 2. The molecule has 0 spiro atoms. The van der Waals surface area contributed by atoms with E-state index in [-0.39, 0.29) is 29.3 Å². The van der Waals surface area contributed by atoms with Crippen molar-refractivity contribution >= 4 is 21.9 Å². The summed E-state index contributed by atoms with van der Waals surface area (Å²) in [5.74, 6) is 4.99. The van der Waals surface area contributed by atoms with Gasteiger partial charge >= 0.3 is 0 Å². The summed E-state index contributed by atoms with van der Waals surface area (Å²) < 4.78 is 30.6. The van der Waals surface area contributed by atoms with Crippen molar-refractivity contribution in [2.45, 2.75) is 97.2 Å². The smallest absolute Gasteiger partial charge is 0.265 e. The monoisotopic (exact) mass is 502 g/mol. The van der Waals surface area contributed by atoms with Crippen LogP contribution in [0.5, 0.6) is 0 Å². The van der Waals surface area contributed by atoms with Gasteiger partial charge in [-0.1, -0.05) is 20.8 Å². The van der Waals surface area contributed by atoms with Crippen molar-refractivity contribution in [3.05, 3.63) is 0 Å². The molecule has 4 aliphatic rings. The highest BCUT2D eigenvalue weighted by Crippen LogP contribution is 2.68. The molecule has 0 saturated heterocycles. The van der Waals surface area contributed by atoms with Crippen molar-refractivity contribution in [1.29, 1.82) is 0 Å². The number of thioether (sulfide) groups is 1. The first-order valence-corrected chi connectivity index (χ1v) is 16.1. The number of aliphatic hydroxyl groups is 2. The van der Waals surface area contributed by atoms with Crippen LogP contribution in [0.15, 0.2) is 0 Å². The highest BCUT2D eigenvalue weighted by atomic mass is 32.2. The molecule has 5 nitrogen and oxygen atoms in total. The lowest BCUT2D eigenvalue weighted by Gasteiger charge is -2.62. The van der Waals surface area contributed by atoms with E-state index in [1.807, 2.05) is 0 Å². The molecule has 0 amide bonds. The lowest BCUT2D eigenvalue weighted by Crippen LogP contribution is -2.58. The minimum absolute atomic E-state index is 0.150. The first kappa shape index (κ1) is 26.2. The van der Waals surface area contributed by atoms with E-state index >= 15 is 0 Å². The average Bonchev–Trinajstić information content (AvgIpc) is 3.08. The van der Waals surface area contributed by atoms with Gasteiger partial charge in [0.2, 0.25) is 0 Å². The van der Waals surface area contributed by atoms with Gasteiger partial charge in [0, 0.05) is 5.75 Å². The van der Waals surface area contributed by atoms with Crippen molar-refractivity contribution in [3.63, 3.8) is 0 Å². The first-order chi connectivity index (χ1) is 15.5. The molecule has 4 rings (SSSR count). The van der Waals surface area contributed by atoms with Crippen molar-refractivity contribution < 1.29 is 23.2 Å². The lowest BCUT2D eigenvalue weighted by molar-refractivity contribution is -0.172. The fraction of sp³-hybridized carbons (Fsp3) is 1.00. The molecule has 0 aromatic heterocycles. The third-order valence-electron chi connectivity index (χ3n) is 10.8. The standard InChI is InChI=1S/C26H46O5S2/c1-17(5-4-12-32-13-14-33(29,30)31)20-6-7-21-19-16-24(28)23-15-18(27)8-10-26(23,3)22(19)9-11-25(20,21)2/h17-24,27-28H,4-16H2,1-3H3,(H,29,30,31)/t17?,18-,19?,20?,21?,22?,23+,24+,25-,26-/m1/s1. The highest BCUT2D eigenvalue weighted by molar-refractivity contribution is 8.00. The summed E-state index contributed by atoms with van der Waals surface area (Å²) in [5.41, 5.74) is 0.557. The van der Waals surface area contributed by atoms with Crippen LogP contribution in [0, 0.1) is 46.3 Å². The zero-order valence-electron chi connectivity index (χ0n) is 20.8. The summed E-state index contributed by atoms with van der Waals surface area (Å²) in [4.78, 5) is 0. The van der Waals surface area contributed by atoms with Crippen LogP contribution in [-0.4, -0.2) is 52.7 Å². The molecule has 0 heterocycles. The second kappa shape index (κ2) is 9.91. The Hall–Kier alpha value is 0.180. The van der Waals surface area contributed by atoms with E-state index in [9.17, 15) is 18.6 Å². The molecular weight excluding hydrogens is 456 g/mol. The second-order valence-electron chi connectivity index (χ2n) is 12.5. The Balaban J connectivity index is 1.36. The summed E-state index contributed by atoms with van der Waals surface area (Å²) in [6.07, 6.45) is 10.6. The predicted octanol–water partition coefficient (Wildman–Crippen LogP) is 5.01. The molecule has 0 aliphatic heterocycles. The van der Waals surface area contributed by atoms with E-state index in [0.717, 1.165) is 43.8 Å². The number of hydrogen-bond donors (Lipinski definition) is 3. The van der Waals surface area contributed by atoms with Gasteiger partial charge in [-0.3, -0.25) is 4.55 Å². The molecule has 0 radical (unpaired) electrons. The summed E-state index contributed by atoms with van der Waals surface area (Å²) in [6, 6.07) is 0. The van der Waals surface area contributed by atoms with E-state index in [1.165, 1.54) is 32.1 Å². The fourth-order valence-electron chi connectivity index (χ4n) is 9.23. The maximum Gasteiger partial charge on any atom is 0.265 e. The summed E-state index contributed by atoms with van der Waals surface area (Å²) >= 11 is 1.63. The molecule has 7 heteroatoms. The van der Waals surface area contributed by atoms with Crippen LogP contribution in [0.2, 0.25) is 0 Å². The van der Waals surface area contributed by atoms with Gasteiger partial charge in [-0.2, -0.15) is 20.2 Å². The van der Waals surface area contributed by atoms with E-state index in [2.05, 4.69) is 20.8 Å². The number of hydrogen-bond acceptors (Lipinski definition) is 5. The Labute approximate surface area is 205 Å². The topological polar surface area (TPSA) is 94.8 Å². The molecule has 4 aliphatic carbocycles. The van der Waals surface area contributed by atoms with Crippen molar-refractivity contribution in [2.24, 2.45) is 46.3 Å². The number of rotatable bonds is 8. The molecule has 10 atom stereocenters. The van der Waals surface area contributed by atoms with Crippen LogP contribution in [-0.2, 0) is 10.1 Å². The molecule has 0 bridgehead atoms. The Bertz CT molecular complexity index is 788. The molecule has 192 valence electrons. The van der Waals surface area contributed by atoms with Gasteiger partial charge < -0.3 is 10.2 Å². The molecule has 4 fully saturated rings. The van der Waals surface area contributed by atoms with Gasteiger partial charge in [-0.05, 0) is 116 Å². The molecule has 5 unspecified atom stereocenters. The van der Waals surface area contributed by atoms with Crippen molar-refractivity contribution in [3.8, 4) is 0 Å². The maximum absolute atomic E-state index is 11.2. The Morgan fingerprint density at radius 2 is 1.64 bits per heavy atom. The average molecular weight is 503 g/mol. The van der Waals surface area contributed by atoms with E-state index < -0.39 is 10.1 Å². The van der Waals surface area contributed by atoms with Crippen LogP contribution in [0.25, 0.3) is 0 Å². The SMILES string of the molecule is CC(CCCSCCS(=O)(=O)O)C1CCC2C3C[C@H](O)[C@@H]4C[C@H](O)CC[C@]4(C)C3CC[C@]12C. The van der Waals surface area contributed by atoms with E-state index in [1.54, 1.807) is 11.8 Å². The summed E-state index contributed by atoms with van der Waals surface area (Å²) in [5, 5.41) is 21.4. The second-order valence-corrected chi connectivity index (χ2v) is 15.3. The Morgan fingerprint density at radius 1 is 0.939 bits per heavy atom. The van der Waals surface area contributed by atoms with E-state index in [0.29, 0.717) is 34.8 Å². The Morgan fingerprint density at radius 3 is 2.36 bits per heavy atom. The molecule has 33 heavy (non-hydrogen) atoms. The van der Waals surface area contributed by atoms with Gasteiger partial charge in [-0.15, -0.1) is 0 Å². The van der Waals surface area contributed by atoms with Crippen molar-refractivity contribution in [2.75, 3.05) is 17.3 Å². The van der Waals surface area contributed by atoms with Gasteiger partial charge in [-0.25, -0.2) is 0 Å². The van der Waals surface area contributed by atoms with Crippen molar-refractivity contribution in [1.82, 2.24) is 0 Å². The minimum atomic E-state index is -3.84. The van der Waals surface area contributed by atoms with Gasteiger partial charge in [0.15, 0.2) is 0 Å². The largest absolute Gasteiger partial charge is 0.393 e. The van der Waals surface area contributed by atoms with Crippen LogP contribution < -0.4 is 0 Å². The number of fused-ring (bicyclic) bond motifs is 5. The van der Waals surface area contributed by atoms with Crippen LogP contribution >= 0.6 is 11.8 Å². The third kappa shape index (κ3) is 5.19. The molecule has 0 aromatic carbocycles. The molecule has 4 saturated carbocycles.